The Balaban J connectivity index is 1.81. The van der Waals surface area contributed by atoms with Gasteiger partial charge in [0.2, 0.25) is 11.8 Å². The predicted octanol–water partition coefficient (Wildman–Crippen LogP) is 3.95. The first-order chi connectivity index (χ1) is 15.4. The van der Waals surface area contributed by atoms with Crippen molar-refractivity contribution in [2.45, 2.75) is 51.2 Å². The maximum absolute atomic E-state index is 12.8. The number of anilines is 2. The molecular formula is C21H23F3N4O4S. The van der Waals surface area contributed by atoms with E-state index < -0.39 is 27.5 Å². The van der Waals surface area contributed by atoms with Crippen molar-refractivity contribution in [3.8, 4) is 5.88 Å². The lowest BCUT2D eigenvalue weighted by Gasteiger charge is -2.45. The number of fused-ring (bicyclic) bond motifs is 1. The van der Waals surface area contributed by atoms with Crippen LogP contribution in [0.3, 0.4) is 0 Å². The number of nitrogens with zero attached hydrogens (tertiary/aromatic N) is 3. The van der Waals surface area contributed by atoms with Crippen molar-refractivity contribution in [2.24, 2.45) is 11.8 Å². The van der Waals surface area contributed by atoms with Crippen molar-refractivity contribution in [1.29, 1.82) is 0 Å². The minimum absolute atomic E-state index is 0.148. The molecule has 3 heterocycles. The monoisotopic (exact) mass is 484 g/mol. The summed E-state index contributed by atoms with van der Waals surface area (Å²) in [7, 11) is -5.89. The summed E-state index contributed by atoms with van der Waals surface area (Å²) < 4.78 is 65.7. The molecule has 3 atom stereocenters. The molecule has 2 unspecified atom stereocenters. The molecule has 1 fully saturated rings. The van der Waals surface area contributed by atoms with Gasteiger partial charge < -0.3 is 14.4 Å². The normalized spacial score (nSPS) is 23.1. The number of aromatic nitrogens is 2. The minimum atomic E-state index is -5.89. The van der Waals surface area contributed by atoms with Gasteiger partial charge in [-0.3, -0.25) is 4.79 Å². The summed E-state index contributed by atoms with van der Waals surface area (Å²) in [5, 5.41) is 3.28. The van der Waals surface area contributed by atoms with E-state index in [1.165, 1.54) is 13.0 Å². The van der Waals surface area contributed by atoms with E-state index in [4.69, 9.17) is 0 Å². The van der Waals surface area contributed by atoms with E-state index in [2.05, 4.69) is 19.5 Å². The van der Waals surface area contributed by atoms with Gasteiger partial charge in [0.1, 0.15) is 5.82 Å². The van der Waals surface area contributed by atoms with Crippen molar-refractivity contribution < 1.29 is 30.6 Å². The smallest absolute Gasteiger partial charge is 0.361 e. The molecule has 1 aliphatic heterocycles. The van der Waals surface area contributed by atoms with Crippen LogP contribution in [-0.2, 0) is 14.9 Å². The lowest BCUT2D eigenvalue weighted by atomic mass is 9.82. The molecule has 8 nitrogen and oxygen atoms in total. The van der Waals surface area contributed by atoms with Gasteiger partial charge in [0.25, 0.3) is 0 Å². The number of rotatable bonds is 5. The number of aryl methyl sites for hydroxylation is 1. The standard InChI is InChI=1S/C21H23F3N4O4S/c1-11-5-4-6-16(25-11)26-18-12(2)20(14-7-8-14)28(13(3)29)15-9-10-17(27-19(15)18)32-33(30,31)21(22,23)24/h4-6,9-10,12,14,18,20H,7-8H2,1-3H3,(H,25,26)/t12-,18?,20?/m1/s1. The Hall–Kier alpha value is -2.89. The molecule has 33 heavy (non-hydrogen) atoms. The number of amides is 1. The van der Waals surface area contributed by atoms with Gasteiger partial charge in [-0.1, -0.05) is 13.0 Å². The summed E-state index contributed by atoms with van der Waals surface area (Å²) >= 11 is 0. The van der Waals surface area contributed by atoms with Crippen molar-refractivity contribution in [3.05, 3.63) is 41.7 Å². The van der Waals surface area contributed by atoms with Crippen LogP contribution in [-0.4, -0.2) is 35.8 Å². The zero-order valence-electron chi connectivity index (χ0n) is 18.1. The number of nitrogens with one attached hydrogen (secondary N) is 1. The van der Waals surface area contributed by atoms with Crippen LogP contribution in [0.5, 0.6) is 5.88 Å². The van der Waals surface area contributed by atoms with Gasteiger partial charge >= 0.3 is 15.6 Å². The third-order valence-electron chi connectivity index (χ3n) is 5.91. The van der Waals surface area contributed by atoms with Crippen LogP contribution in [0.4, 0.5) is 24.7 Å². The summed E-state index contributed by atoms with van der Waals surface area (Å²) in [6.07, 6.45) is 1.92. The van der Waals surface area contributed by atoms with Crippen LogP contribution >= 0.6 is 0 Å². The first-order valence-corrected chi connectivity index (χ1v) is 11.8. The van der Waals surface area contributed by atoms with E-state index in [1.807, 2.05) is 26.0 Å². The third-order valence-corrected chi connectivity index (χ3v) is 6.87. The number of pyridine rings is 2. The average molecular weight is 485 g/mol. The number of carbonyl (C=O) groups excluding carboxylic acids is 1. The van der Waals surface area contributed by atoms with E-state index in [0.717, 1.165) is 24.6 Å². The molecule has 1 saturated carbocycles. The fourth-order valence-corrected chi connectivity index (χ4v) is 4.78. The van der Waals surface area contributed by atoms with Crippen LogP contribution in [0.15, 0.2) is 30.3 Å². The zero-order valence-corrected chi connectivity index (χ0v) is 18.9. The molecule has 0 aromatic carbocycles. The highest BCUT2D eigenvalue weighted by molar-refractivity contribution is 7.87. The van der Waals surface area contributed by atoms with Gasteiger partial charge in [-0.05, 0) is 43.9 Å². The summed E-state index contributed by atoms with van der Waals surface area (Å²) in [6, 6.07) is 7.09. The Bertz CT molecular complexity index is 1180. The molecule has 4 rings (SSSR count). The number of alkyl halides is 3. The van der Waals surface area contributed by atoms with Crippen molar-refractivity contribution in [2.75, 3.05) is 10.2 Å². The van der Waals surface area contributed by atoms with Gasteiger partial charge in [-0.2, -0.15) is 21.6 Å². The van der Waals surface area contributed by atoms with Crippen molar-refractivity contribution in [1.82, 2.24) is 9.97 Å². The first-order valence-electron chi connectivity index (χ1n) is 10.4. The Morgan fingerprint density at radius 2 is 1.88 bits per heavy atom. The van der Waals surface area contributed by atoms with Crippen LogP contribution < -0.4 is 14.4 Å². The van der Waals surface area contributed by atoms with Crippen molar-refractivity contribution >= 4 is 27.5 Å². The molecule has 2 aromatic rings. The van der Waals surface area contributed by atoms with Gasteiger partial charge in [-0.15, -0.1) is 0 Å². The minimum Gasteiger partial charge on any atom is -0.361 e. The molecule has 2 aromatic heterocycles. The molecular weight excluding hydrogens is 461 g/mol. The van der Waals surface area contributed by atoms with Crippen LogP contribution in [0.1, 0.15) is 44.1 Å². The molecule has 178 valence electrons. The Kier molecular flexibility index (Phi) is 5.75. The highest BCUT2D eigenvalue weighted by atomic mass is 32.2. The summed E-state index contributed by atoms with van der Waals surface area (Å²) in [4.78, 5) is 22.8. The molecule has 0 radical (unpaired) electrons. The average Bonchev–Trinajstić information content (AvgIpc) is 3.53. The molecule has 0 spiro atoms. The largest absolute Gasteiger partial charge is 0.534 e. The van der Waals surface area contributed by atoms with Crippen LogP contribution in [0.2, 0.25) is 0 Å². The maximum atomic E-state index is 12.8. The van der Waals surface area contributed by atoms with Gasteiger partial charge in [0.15, 0.2) is 0 Å². The van der Waals surface area contributed by atoms with Gasteiger partial charge in [-0.25, -0.2) is 9.97 Å². The lowest BCUT2D eigenvalue weighted by molar-refractivity contribution is -0.117. The molecule has 1 aliphatic carbocycles. The maximum Gasteiger partial charge on any atom is 0.534 e. The second kappa shape index (κ2) is 8.15. The zero-order chi connectivity index (χ0) is 24.1. The lowest BCUT2D eigenvalue weighted by Crippen LogP contribution is -2.51. The highest BCUT2D eigenvalue weighted by Gasteiger charge is 2.50. The van der Waals surface area contributed by atoms with E-state index in [1.54, 1.807) is 11.0 Å². The molecule has 0 bridgehead atoms. The molecule has 1 amide bonds. The SMILES string of the molecule is CC(=O)N1c2ccc(OS(=O)(=O)C(F)(F)F)nc2C(Nc2cccc(C)n2)[C@@H](C)C1C1CC1. The molecule has 0 saturated heterocycles. The van der Waals surface area contributed by atoms with Gasteiger partial charge in [0, 0.05) is 30.6 Å². The molecule has 1 N–H and O–H groups in total. The highest BCUT2D eigenvalue weighted by Crippen LogP contribution is 2.49. The fourth-order valence-electron chi connectivity index (χ4n) is 4.37. The summed E-state index contributed by atoms with van der Waals surface area (Å²) in [5.74, 6) is -0.340. The second-order valence-corrected chi connectivity index (χ2v) is 9.94. The Morgan fingerprint density at radius 3 is 2.45 bits per heavy atom. The number of halogens is 3. The van der Waals surface area contributed by atoms with E-state index in [0.29, 0.717) is 11.5 Å². The summed E-state index contributed by atoms with van der Waals surface area (Å²) in [6.45, 7) is 5.16. The van der Waals surface area contributed by atoms with Crippen molar-refractivity contribution in [3.63, 3.8) is 0 Å². The summed E-state index contributed by atoms with van der Waals surface area (Å²) in [5.41, 5.74) is -4.22. The third kappa shape index (κ3) is 4.48. The Labute approximate surface area is 189 Å². The van der Waals surface area contributed by atoms with E-state index in [9.17, 15) is 26.4 Å². The Morgan fingerprint density at radius 1 is 1.18 bits per heavy atom. The second-order valence-electron chi connectivity index (χ2n) is 8.40. The number of carbonyl (C=O) groups is 1. The van der Waals surface area contributed by atoms with E-state index in [-0.39, 0.29) is 29.5 Å². The number of hydrogen-bond donors (Lipinski definition) is 1. The molecule has 2 aliphatic rings. The van der Waals surface area contributed by atoms with Gasteiger partial charge in [0.05, 0.1) is 17.4 Å². The number of hydrogen-bond acceptors (Lipinski definition) is 7. The fraction of sp³-hybridized carbons (Fsp3) is 0.476. The topological polar surface area (TPSA) is 101 Å². The van der Waals surface area contributed by atoms with E-state index >= 15 is 0 Å². The quantitative estimate of drug-likeness (QED) is 0.507. The molecule has 12 heteroatoms. The van der Waals surface area contributed by atoms with Crippen LogP contribution in [0, 0.1) is 18.8 Å². The predicted molar refractivity (Wildman–Crippen MR) is 114 cm³/mol. The van der Waals surface area contributed by atoms with Crippen LogP contribution in [0.25, 0.3) is 0 Å². The first kappa shape index (κ1) is 23.3.